The number of rotatable bonds is 14. The minimum Gasteiger partial charge on any atom is -0.390 e. The van der Waals surface area contributed by atoms with Crippen LogP contribution >= 0.6 is 0 Å². The third kappa shape index (κ3) is 22.3. The molecule has 10 heteroatoms. The fourth-order valence-electron chi connectivity index (χ4n) is 2.45. The number of ketones is 2. The lowest BCUT2D eigenvalue weighted by molar-refractivity contribution is -0.120. The van der Waals surface area contributed by atoms with Crippen LogP contribution in [0.2, 0.25) is 0 Å². The Bertz CT molecular complexity index is 435. The Kier molecular flexibility index (Phi) is 23.2. The van der Waals surface area contributed by atoms with Crippen molar-refractivity contribution in [3.8, 4) is 0 Å². The maximum atomic E-state index is 12.0. The van der Waals surface area contributed by atoms with Gasteiger partial charge in [0.05, 0.1) is 12.7 Å². The lowest BCUT2D eigenvalue weighted by Gasteiger charge is -2.21. The van der Waals surface area contributed by atoms with Crippen molar-refractivity contribution in [1.29, 1.82) is 0 Å². The summed E-state index contributed by atoms with van der Waals surface area (Å²) in [7, 11) is 0. The molecule has 10 nitrogen and oxygen atoms in total. The third-order valence-corrected chi connectivity index (χ3v) is 4.32. The van der Waals surface area contributed by atoms with Crippen molar-refractivity contribution in [2.45, 2.75) is 72.6 Å². The molecule has 0 aromatic rings. The minimum absolute atomic E-state index is 0. The zero-order valence-corrected chi connectivity index (χ0v) is 19.0. The quantitative estimate of drug-likeness (QED) is 0.105. The average molecular weight is 419 g/mol. The molecule has 0 spiro atoms. The molecule has 0 saturated carbocycles. The summed E-state index contributed by atoms with van der Waals surface area (Å²) in [5.74, 6) is 8.44. The van der Waals surface area contributed by atoms with E-state index in [1.54, 1.807) is 0 Å². The van der Waals surface area contributed by atoms with Crippen LogP contribution in [0.5, 0.6) is 0 Å². The summed E-state index contributed by atoms with van der Waals surface area (Å²) in [5, 5.41) is 0. The molecule has 0 rings (SSSR count). The number of Topliss-reactive ketones (excluding diaryl/α,β-unsaturated/α-hetero) is 2. The third-order valence-electron chi connectivity index (χ3n) is 4.32. The highest BCUT2D eigenvalue weighted by molar-refractivity contribution is 5.81. The average Bonchev–Trinajstić information content (AvgIpc) is 2.63. The molecule has 0 bridgehead atoms. The molecule has 0 aliphatic rings. The summed E-state index contributed by atoms with van der Waals surface area (Å²) in [6.45, 7) is 9.56. The highest BCUT2D eigenvalue weighted by Gasteiger charge is 2.20. The van der Waals surface area contributed by atoms with Crippen molar-refractivity contribution in [2.75, 3.05) is 13.1 Å². The van der Waals surface area contributed by atoms with Crippen molar-refractivity contribution >= 4 is 24.2 Å². The lowest BCUT2D eigenvalue weighted by Crippen LogP contribution is -2.18. The smallest absolute Gasteiger partial charge is 0.132 e. The van der Waals surface area contributed by atoms with E-state index in [2.05, 4.69) is 49.4 Å². The Morgan fingerprint density at radius 2 is 1.03 bits per heavy atom. The second-order valence-corrected chi connectivity index (χ2v) is 8.24. The van der Waals surface area contributed by atoms with Crippen molar-refractivity contribution in [2.24, 2.45) is 44.0 Å². The molecule has 0 aliphatic heterocycles. The Morgan fingerprint density at radius 3 is 1.31 bits per heavy atom. The van der Waals surface area contributed by atoms with Crippen LogP contribution in [0, 0.1) is 10.8 Å². The van der Waals surface area contributed by atoms with E-state index in [1.165, 1.54) is 12.7 Å². The molecule has 0 fully saturated rings. The van der Waals surface area contributed by atoms with Gasteiger partial charge in [-0.15, -0.1) is 0 Å². The van der Waals surface area contributed by atoms with Gasteiger partial charge < -0.3 is 23.8 Å². The Morgan fingerprint density at radius 1 is 0.724 bits per heavy atom. The van der Waals surface area contributed by atoms with Crippen LogP contribution < -0.4 is 35.5 Å². The van der Waals surface area contributed by atoms with Crippen molar-refractivity contribution in [3.63, 3.8) is 0 Å². The topological polar surface area (TPSA) is 233 Å². The fourth-order valence-corrected chi connectivity index (χ4v) is 2.45. The van der Waals surface area contributed by atoms with Crippen LogP contribution in [0.15, 0.2) is 9.98 Å². The van der Waals surface area contributed by atoms with Crippen molar-refractivity contribution in [1.82, 2.24) is 12.3 Å². The normalized spacial score (nSPS) is 11.4. The van der Waals surface area contributed by atoms with E-state index in [0.717, 1.165) is 12.8 Å². The van der Waals surface area contributed by atoms with Gasteiger partial charge in [-0.3, -0.25) is 31.3 Å². The number of nitrogens with zero attached hydrogens (tertiary/aromatic N) is 2. The van der Waals surface area contributed by atoms with E-state index < -0.39 is 0 Å². The Hall–Kier alpha value is -1.88. The van der Waals surface area contributed by atoms with E-state index in [-0.39, 0.29) is 34.7 Å². The van der Waals surface area contributed by atoms with Crippen LogP contribution in [0.3, 0.4) is 0 Å². The van der Waals surface area contributed by atoms with Crippen LogP contribution in [-0.4, -0.2) is 37.3 Å². The minimum atomic E-state index is -0.0288. The van der Waals surface area contributed by atoms with E-state index in [1.807, 2.05) is 0 Å². The monoisotopic (exact) mass is 418 g/mol. The molecule has 0 saturated heterocycles. The summed E-state index contributed by atoms with van der Waals surface area (Å²) in [6.07, 6.45) is 6.83. The summed E-state index contributed by atoms with van der Waals surface area (Å²) >= 11 is 0. The number of hydrazine groups is 1. The SMILES string of the molecule is CC(C)(CCC(=O)CCCC(=O)CCC(C)(C)CN=CN)CN=CN.N.N.NN. The number of hydrogen-bond donors (Lipinski definition) is 6. The molecule has 0 heterocycles. The van der Waals surface area contributed by atoms with Crippen molar-refractivity contribution < 1.29 is 9.59 Å². The van der Waals surface area contributed by atoms with Gasteiger partial charge in [0.1, 0.15) is 11.6 Å². The number of hydrogen-bond acceptors (Lipinski definition) is 8. The maximum Gasteiger partial charge on any atom is 0.132 e. The van der Waals surface area contributed by atoms with Crippen LogP contribution in [0.1, 0.15) is 72.6 Å². The number of nitrogens with two attached hydrogens (primary N) is 4. The van der Waals surface area contributed by atoms with Gasteiger partial charge in [0.2, 0.25) is 0 Å². The van der Waals surface area contributed by atoms with E-state index >= 15 is 0 Å². The van der Waals surface area contributed by atoms with Gasteiger partial charge in [0, 0.05) is 38.8 Å². The molecule has 0 atom stereocenters. The number of carbonyl (C=O) groups excluding carboxylic acids is 2. The molecule has 0 radical (unpaired) electrons. The van der Waals surface area contributed by atoms with E-state index in [9.17, 15) is 9.59 Å². The molecule has 0 aromatic carbocycles. The zero-order valence-electron chi connectivity index (χ0n) is 19.0. The molecular formula is C19H46N8O2. The van der Waals surface area contributed by atoms with Gasteiger partial charge in [0.15, 0.2) is 0 Å². The summed E-state index contributed by atoms with van der Waals surface area (Å²) in [6, 6.07) is 0. The predicted molar refractivity (Wildman–Crippen MR) is 123 cm³/mol. The van der Waals surface area contributed by atoms with Crippen LogP contribution in [0.25, 0.3) is 0 Å². The van der Waals surface area contributed by atoms with Gasteiger partial charge in [-0.2, -0.15) is 0 Å². The first kappa shape index (κ1) is 34.6. The van der Waals surface area contributed by atoms with Gasteiger partial charge in [0.25, 0.3) is 0 Å². The first-order valence-electron chi connectivity index (χ1n) is 9.39. The maximum absolute atomic E-state index is 12.0. The summed E-state index contributed by atoms with van der Waals surface area (Å²) in [4.78, 5) is 32.1. The molecule has 29 heavy (non-hydrogen) atoms. The number of aliphatic imine (C=N–C) groups is 2. The molecule has 0 aliphatic carbocycles. The molecule has 0 aromatic heterocycles. The first-order chi connectivity index (χ1) is 12.6. The van der Waals surface area contributed by atoms with E-state index in [0.29, 0.717) is 45.2 Å². The Balaban J connectivity index is -0.000000755. The molecular weight excluding hydrogens is 372 g/mol. The largest absolute Gasteiger partial charge is 0.390 e. The summed E-state index contributed by atoms with van der Waals surface area (Å²) < 4.78 is 0. The molecule has 0 amide bonds. The highest BCUT2D eigenvalue weighted by Crippen LogP contribution is 2.24. The predicted octanol–water partition coefficient (Wildman–Crippen LogP) is 2.02. The highest BCUT2D eigenvalue weighted by atomic mass is 16.1. The molecule has 14 N–H and O–H groups in total. The second kappa shape index (κ2) is 19.4. The Labute approximate surface area is 176 Å². The number of carbonyl (C=O) groups is 2. The van der Waals surface area contributed by atoms with Gasteiger partial charge >= 0.3 is 0 Å². The van der Waals surface area contributed by atoms with Crippen molar-refractivity contribution in [3.05, 3.63) is 0 Å². The van der Waals surface area contributed by atoms with Crippen LogP contribution in [0.4, 0.5) is 0 Å². The molecule has 174 valence electrons. The van der Waals surface area contributed by atoms with Gasteiger partial charge in [-0.25, -0.2) is 0 Å². The summed E-state index contributed by atoms with van der Waals surface area (Å²) in [5.41, 5.74) is 10.5. The first-order valence-corrected chi connectivity index (χ1v) is 9.39. The van der Waals surface area contributed by atoms with E-state index in [4.69, 9.17) is 11.5 Å². The lowest BCUT2D eigenvalue weighted by atomic mass is 9.86. The second-order valence-electron chi connectivity index (χ2n) is 8.24. The van der Waals surface area contributed by atoms with Gasteiger partial charge in [-0.05, 0) is 30.1 Å². The van der Waals surface area contributed by atoms with Crippen LogP contribution in [-0.2, 0) is 9.59 Å². The van der Waals surface area contributed by atoms with Gasteiger partial charge in [-0.1, -0.05) is 27.7 Å². The fraction of sp³-hybridized carbons (Fsp3) is 0.789. The zero-order chi connectivity index (χ0) is 21.3. The molecule has 0 unspecified atom stereocenters. The standard InChI is InChI=1S/C19H36N4O2.H4N2.2H3N/c1-18(2,12-22-14-20)10-8-16(24)6-5-7-17(25)9-11-19(3,4)13-23-15-21;1-2;;/h14-15H,5-13H2,1-4H3,(H2,20,22)(H2,21,23);1-2H2;2*1H3.